The SMILES string of the molecule is C=C[SiH](C)O[SiH2][Si](C)(C)O[SiH2][SiH2]O[SiH](c1ccccc1)c1ccccc1. The van der Waals surface area contributed by atoms with Gasteiger partial charge in [0.05, 0.1) is 0 Å². The second kappa shape index (κ2) is 11.3. The number of hydrogen-bond donors (Lipinski definition) is 0. The molecule has 26 heavy (non-hydrogen) atoms. The smallest absolute Gasteiger partial charge is 0.228 e. The van der Waals surface area contributed by atoms with Gasteiger partial charge in [-0.25, -0.2) is 0 Å². The molecule has 9 heteroatoms. The van der Waals surface area contributed by atoms with E-state index in [1.165, 1.54) is 10.4 Å². The van der Waals surface area contributed by atoms with Gasteiger partial charge in [-0.3, -0.25) is 0 Å². The zero-order valence-corrected chi connectivity index (χ0v) is 23.6. The Kier molecular flexibility index (Phi) is 9.38. The van der Waals surface area contributed by atoms with E-state index < -0.39 is 53.8 Å². The van der Waals surface area contributed by atoms with Crippen molar-refractivity contribution >= 4 is 64.1 Å². The van der Waals surface area contributed by atoms with Crippen LogP contribution in [0, 0.1) is 0 Å². The summed E-state index contributed by atoms with van der Waals surface area (Å²) in [5, 5.41) is 2.72. The molecule has 0 saturated carbocycles. The third-order valence-electron chi connectivity index (χ3n) is 4.09. The highest BCUT2D eigenvalue weighted by Gasteiger charge is 2.25. The quantitative estimate of drug-likeness (QED) is 0.342. The molecule has 140 valence electrons. The molecule has 2 rings (SSSR count). The van der Waals surface area contributed by atoms with Gasteiger partial charge < -0.3 is 12.3 Å². The molecule has 1 unspecified atom stereocenters. The van der Waals surface area contributed by atoms with Crippen molar-refractivity contribution in [3.8, 4) is 0 Å². The minimum Gasteiger partial charge on any atom is -0.462 e. The van der Waals surface area contributed by atoms with Crippen molar-refractivity contribution in [3.63, 3.8) is 0 Å². The molecule has 0 amide bonds. The summed E-state index contributed by atoms with van der Waals surface area (Å²) < 4.78 is 19.0. The zero-order valence-electron chi connectivity index (χ0n) is 16.1. The van der Waals surface area contributed by atoms with Gasteiger partial charge in [-0.05, 0) is 30.0 Å². The Bertz CT molecular complexity index is 617. The average Bonchev–Trinajstić information content (AvgIpc) is 2.67. The summed E-state index contributed by atoms with van der Waals surface area (Å²) in [5.41, 5.74) is 2.00. The van der Waals surface area contributed by atoms with Gasteiger partial charge in [0, 0.05) is 0 Å². The Labute approximate surface area is 168 Å². The van der Waals surface area contributed by atoms with Crippen LogP contribution in [0.4, 0.5) is 0 Å². The lowest BCUT2D eigenvalue weighted by Gasteiger charge is -2.25. The summed E-state index contributed by atoms with van der Waals surface area (Å²) >= 11 is 0. The van der Waals surface area contributed by atoms with Crippen LogP contribution in [0.5, 0.6) is 0 Å². The maximum absolute atomic E-state index is 6.56. The van der Waals surface area contributed by atoms with Crippen LogP contribution in [0.3, 0.4) is 0 Å². The van der Waals surface area contributed by atoms with Crippen LogP contribution in [-0.4, -0.2) is 53.8 Å². The number of benzene rings is 2. The van der Waals surface area contributed by atoms with Gasteiger partial charge in [-0.1, -0.05) is 66.4 Å². The van der Waals surface area contributed by atoms with E-state index in [4.69, 9.17) is 12.3 Å². The maximum Gasteiger partial charge on any atom is 0.228 e. The highest BCUT2D eigenvalue weighted by atomic mass is 29.2. The lowest BCUT2D eigenvalue weighted by Crippen LogP contribution is -2.48. The summed E-state index contributed by atoms with van der Waals surface area (Å²) in [6, 6.07) is 21.4. The summed E-state index contributed by atoms with van der Waals surface area (Å²) in [5.74, 6) is 0. The van der Waals surface area contributed by atoms with Crippen LogP contribution in [-0.2, 0) is 12.3 Å². The molecule has 2 aromatic rings. The highest BCUT2D eigenvalue weighted by molar-refractivity contribution is 7.21. The zero-order chi connectivity index (χ0) is 18.8. The third kappa shape index (κ3) is 7.54. The van der Waals surface area contributed by atoms with Gasteiger partial charge in [0.2, 0.25) is 9.04 Å². The molecular formula is C17H30O3Si6. The molecule has 2 aromatic carbocycles. The van der Waals surface area contributed by atoms with Crippen LogP contribution in [0.1, 0.15) is 0 Å². The third-order valence-corrected chi connectivity index (χ3v) is 26.5. The van der Waals surface area contributed by atoms with E-state index in [1.807, 2.05) is 5.70 Å². The Morgan fingerprint density at radius 1 is 0.885 bits per heavy atom. The molecule has 0 heterocycles. The Hall–Kier alpha value is -0.639. The van der Waals surface area contributed by atoms with Crippen molar-refractivity contribution in [2.75, 3.05) is 0 Å². The second-order valence-corrected chi connectivity index (χ2v) is 27.8. The van der Waals surface area contributed by atoms with E-state index in [1.54, 1.807) is 0 Å². The molecule has 3 nitrogen and oxygen atoms in total. The van der Waals surface area contributed by atoms with Crippen LogP contribution in [0.25, 0.3) is 0 Å². The van der Waals surface area contributed by atoms with E-state index in [0.717, 1.165) is 0 Å². The summed E-state index contributed by atoms with van der Waals surface area (Å²) in [7, 11) is -5.94. The average molecular weight is 451 g/mol. The predicted molar refractivity (Wildman–Crippen MR) is 129 cm³/mol. The molecule has 0 aliphatic heterocycles. The summed E-state index contributed by atoms with van der Waals surface area (Å²) in [4.78, 5) is 0. The molecule has 0 radical (unpaired) electrons. The highest BCUT2D eigenvalue weighted by Crippen LogP contribution is 2.03. The van der Waals surface area contributed by atoms with Crippen molar-refractivity contribution in [1.82, 2.24) is 0 Å². The second-order valence-electron chi connectivity index (χ2n) is 6.93. The number of hydrogen-bond acceptors (Lipinski definition) is 3. The van der Waals surface area contributed by atoms with Crippen LogP contribution >= 0.6 is 0 Å². The molecule has 0 fully saturated rings. The maximum atomic E-state index is 6.56. The van der Waals surface area contributed by atoms with E-state index in [-0.39, 0.29) is 0 Å². The standard InChI is InChI=1S/C17H30O3Si6/c1-5-24(2)19-23-26(3,4)20-22-21-18-25(16-12-8-6-9-13-16)17-14-10-7-11-15-17/h5-15,24-25H,1,21-23H2,2-4H3. The van der Waals surface area contributed by atoms with E-state index in [2.05, 4.69) is 86.9 Å². The molecule has 0 N–H and O–H groups in total. The van der Waals surface area contributed by atoms with Crippen molar-refractivity contribution in [3.05, 3.63) is 72.9 Å². The molecule has 0 spiro atoms. The molecular weight excluding hydrogens is 421 g/mol. The normalized spacial score (nSPS) is 14.3. The first kappa shape index (κ1) is 21.7. The molecule has 1 atom stereocenters. The van der Waals surface area contributed by atoms with Gasteiger partial charge in [0.25, 0.3) is 0 Å². The van der Waals surface area contributed by atoms with E-state index in [0.29, 0.717) is 0 Å². The largest absolute Gasteiger partial charge is 0.462 e. The van der Waals surface area contributed by atoms with Crippen molar-refractivity contribution in [2.24, 2.45) is 0 Å². The van der Waals surface area contributed by atoms with Crippen molar-refractivity contribution < 1.29 is 12.3 Å². The summed E-state index contributed by atoms with van der Waals surface area (Å²) in [6.07, 6.45) is 0. The molecule has 0 aromatic heterocycles. The fraction of sp³-hybridized carbons (Fsp3) is 0.176. The molecule has 0 aliphatic carbocycles. The van der Waals surface area contributed by atoms with Crippen LogP contribution < -0.4 is 10.4 Å². The van der Waals surface area contributed by atoms with Crippen molar-refractivity contribution in [2.45, 2.75) is 19.6 Å². The fourth-order valence-corrected chi connectivity index (χ4v) is 32.4. The lowest BCUT2D eigenvalue weighted by atomic mass is 10.4. The Balaban J connectivity index is 1.89. The topological polar surface area (TPSA) is 27.7 Å². The first-order valence-corrected chi connectivity index (χ1v) is 24.0. The van der Waals surface area contributed by atoms with Gasteiger partial charge in [-0.15, -0.1) is 6.58 Å². The fourth-order valence-electron chi connectivity index (χ4n) is 2.57. The molecule has 0 saturated heterocycles. The van der Waals surface area contributed by atoms with Crippen LogP contribution in [0.15, 0.2) is 72.9 Å². The van der Waals surface area contributed by atoms with Crippen molar-refractivity contribution in [1.29, 1.82) is 0 Å². The molecule has 0 bridgehead atoms. The van der Waals surface area contributed by atoms with E-state index in [9.17, 15) is 0 Å². The summed E-state index contributed by atoms with van der Waals surface area (Å²) in [6.45, 7) is 10.7. The predicted octanol–water partition coefficient (Wildman–Crippen LogP) is -0.479. The van der Waals surface area contributed by atoms with Crippen LogP contribution in [0.2, 0.25) is 19.6 Å². The molecule has 0 aliphatic rings. The number of rotatable bonds is 11. The minimum atomic E-state index is -1.58. The van der Waals surface area contributed by atoms with Gasteiger partial charge in [-0.2, -0.15) is 0 Å². The van der Waals surface area contributed by atoms with Gasteiger partial charge in [0.15, 0.2) is 44.7 Å². The van der Waals surface area contributed by atoms with Gasteiger partial charge >= 0.3 is 0 Å². The first-order chi connectivity index (χ1) is 12.5. The minimum absolute atomic E-state index is 0.539. The first-order valence-electron chi connectivity index (χ1n) is 9.11. The monoisotopic (exact) mass is 450 g/mol. The Morgan fingerprint density at radius 3 is 1.92 bits per heavy atom. The Morgan fingerprint density at radius 2 is 1.42 bits per heavy atom. The van der Waals surface area contributed by atoms with Gasteiger partial charge in [0.1, 0.15) is 0 Å². The lowest BCUT2D eigenvalue weighted by molar-refractivity contribution is 0.583. The van der Waals surface area contributed by atoms with E-state index >= 15 is 0 Å².